The second-order valence-electron chi connectivity index (χ2n) is 11.2. The van der Waals surface area contributed by atoms with Gasteiger partial charge in [-0.2, -0.15) is 5.26 Å². The Kier molecular flexibility index (Phi) is 8.89. The van der Waals surface area contributed by atoms with E-state index >= 15 is 0 Å². The predicted octanol–water partition coefficient (Wildman–Crippen LogP) is 6.17. The van der Waals surface area contributed by atoms with E-state index < -0.39 is 5.92 Å². The van der Waals surface area contributed by atoms with Crippen LogP contribution in [0.15, 0.2) is 75.5 Å². The van der Waals surface area contributed by atoms with Crippen molar-refractivity contribution in [3.8, 4) is 11.8 Å². The Hall–Kier alpha value is -4.14. The first-order chi connectivity index (χ1) is 20.6. The van der Waals surface area contributed by atoms with E-state index in [4.69, 9.17) is 10.5 Å². The molecule has 1 aromatic heterocycles. The fraction of sp³-hybridized carbons (Fsp3) is 0.344. The minimum Gasteiger partial charge on any atom is -0.494 e. The molecule has 1 amide bonds. The second kappa shape index (κ2) is 12.6. The zero-order valence-corrected chi connectivity index (χ0v) is 26.3. The maximum absolute atomic E-state index is 13.7. The minimum atomic E-state index is -0.590. The number of amides is 1. The summed E-state index contributed by atoms with van der Waals surface area (Å²) in [4.78, 5) is 28.1. The Morgan fingerprint density at radius 1 is 1.16 bits per heavy atom. The summed E-state index contributed by atoms with van der Waals surface area (Å²) in [7, 11) is 0. The molecule has 0 spiro atoms. The third-order valence-electron chi connectivity index (χ3n) is 7.47. The number of Topliss-reactive ketones (excluding diaryl/α,β-unsaturated/α-hetero) is 1. The third-order valence-corrected chi connectivity index (χ3v) is 9.51. The molecule has 3 aromatic rings. The van der Waals surface area contributed by atoms with Gasteiger partial charge in [0.1, 0.15) is 11.6 Å². The van der Waals surface area contributed by atoms with E-state index in [1.54, 1.807) is 4.90 Å². The molecule has 1 atom stereocenters. The zero-order valence-electron chi connectivity index (χ0n) is 24.6. The number of allylic oxidation sites excluding steroid dienone is 3. The number of nitrogens with one attached hydrogen (secondary N) is 1. The second-order valence-corrected chi connectivity index (χ2v) is 13.4. The van der Waals surface area contributed by atoms with Crippen LogP contribution in [0.3, 0.4) is 0 Å². The van der Waals surface area contributed by atoms with Gasteiger partial charge in [-0.3, -0.25) is 14.5 Å². The van der Waals surface area contributed by atoms with E-state index in [1.165, 1.54) is 28.7 Å². The molecule has 11 heteroatoms. The molecule has 43 heavy (non-hydrogen) atoms. The number of aromatic nitrogens is 2. The molecule has 0 saturated carbocycles. The van der Waals surface area contributed by atoms with Crippen molar-refractivity contribution in [1.29, 1.82) is 5.26 Å². The van der Waals surface area contributed by atoms with Crippen LogP contribution in [0.2, 0.25) is 0 Å². The minimum absolute atomic E-state index is 0.0156. The maximum atomic E-state index is 13.7. The molecule has 5 rings (SSSR count). The van der Waals surface area contributed by atoms with Gasteiger partial charge in [0.2, 0.25) is 11.0 Å². The monoisotopic (exact) mass is 614 g/mol. The van der Waals surface area contributed by atoms with Gasteiger partial charge in [-0.05, 0) is 60.6 Å². The SMILES string of the molecule is CCOc1ccc(C2C(C#N)=C(N)N(c3nnc(SCC(=O)Nc4ccc(CC)cc4)s3)C3=C2C(=O)CC(C)(C)C3)cc1. The summed E-state index contributed by atoms with van der Waals surface area (Å²) in [6.45, 7) is 8.64. The molecular formula is C32H34N6O3S2. The van der Waals surface area contributed by atoms with Gasteiger partial charge in [0.15, 0.2) is 10.1 Å². The van der Waals surface area contributed by atoms with Crippen LogP contribution in [0.1, 0.15) is 57.6 Å². The number of thioether (sulfide) groups is 1. The number of carbonyl (C=O) groups is 2. The summed E-state index contributed by atoms with van der Waals surface area (Å²) in [6, 6.07) is 17.5. The summed E-state index contributed by atoms with van der Waals surface area (Å²) in [6.07, 6.45) is 1.87. The van der Waals surface area contributed by atoms with Crippen LogP contribution in [-0.4, -0.2) is 34.2 Å². The highest BCUT2D eigenvalue weighted by Crippen LogP contribution is 2.50. The Morgan fingerprint density at radius 2 is 1.88 bits per heavy atom. The lowest BCUT2D eigenvalue weighted by molar-refractivity contribution is -0.118. The van der Waals surface area contributed by atoms with Crippen LogP contribution >= 0.6 is 23.1 Å². The topological polar surface area (TPSA) is 134 Å². The standard InChI is InChI=1S/C32H34N6O3S2/c1-5-19-7-11-21(12-8-19)35-26(40)18-42-31-37-36-30(43-31)38-24-15-32(3,4)16-25(39)28(24)27(23(17-33)29(38)34)20-9-13-22(14-10-20)41-6-2/h7-14,27H,5-6,15-16,18,34H2,1-4H3,(H,35,40). The number of aryl methyl sites for hydroxylation is 1. The van der Waals surface area contributed by atoms with Gasteiger partial charge in [0.25, 0.3) is 0 Å². The number of ketones is 1. The number of anilines is 2. The smallest absolute Gasteiger partial charge is 0.234 e. The number of hydrogen-bond donors (Lipinski definition) is 2. The summed E-state index contributed by atoms with van der Waals surface area (Å²) < 4.78 is 6.18. The lowest BCUT2D eigenvalue weighted by Gasteiger charge is -2.42. The van der Waals surface area contributed by atoms with Gasteiger partial charge >= 0.3 is 0 Å². The van der Waals surface area contributed by atoms with Crippen LogP contribution in [0, 0.1) is 16.7 Å². The van der Waals surface area contributed by atoms with Crippen LogP contribution in [0.4, 0.5) is 10.8 Å². The Morgan fingerprint density at radius 3 is 2.53 bits per heavy atom. The average molecular weight is 615 g/mol. The number of nitriles is 1. The molecular weight excluding hydrogens is 581 g/mol. The molecule has 222 valence electrons. The highest BCUT2D eigenvalue weighted by Gasteiger charge is 2.45. The van der Waals surface area contributed by atoms with Gasteiger partial charge in [0, 0.05) is 23.4 Å². The van der Waals surface area contributed by atoms with Crippen LogP contribution < -0.4 is 20.7 Å². The van der Waals surface area contributed by atoms with E-state index in [2.05, 4.69) is 28.5 Å². The largest absolute Gasteiger partial charge is 0.494 e. The van der Waals surface area contributed by atoms with E-state index in [1.807, 2.05) is 69.3 Å². The van der Waals surface area contributed by atoms with E-state index in [0.717, 1.165) is 23.4 Å². The van der Waals surface area contributed by atoms with Crippen LogP contribution in [0.25, 0.3) is 0 Å². The average Bonchev–Trinajstić information content (AvgIpc) is 3.44. The van der Waals surface area contributed by atoms with Crippen molar-refractivity contribution in [3.05, 3.63) is 82.3 Å². The van der Waals surface area contributed by atoms with E-state index in [-0.39, 0.29) is 34.3 Å². The first-order valence-electron chi connectivity index (χ1n) is 14.2. The summed E-state index contributed by atoms with van der Waals surface area (Å²) in [5.41, 5.74) is 10.7. The van der Waals surface area contributed by atoms with Crippen molar-refractivity contribution in [2.24, 2.45) is 11.1 Å². The van der Waals surface area contributed by atoms with Crippen molar-refractivity contribution in [1.82, 2.24) is 10.2 Å². The number of carbonyl (C=O) groups excluding carboxylic acids is 2. The number of nitrogens with two attached hydrogens (primary N) is 1. The van der Waals surface area contributed by atoms with Crippen LogP contribution in [-0.2, 0) is 16.0 Å². The molecule has 2 aromatic carbocycles. The molecule has 0 radical (unpaired) electrons. The lowest BCUT2D eigenvalue weighted by Crippen LogP contribution is -2.42. The molecule has 3 N–H and O–H groups in total. The third kappa shape index (κ3) is 6.45. The van der Waals surface area contributed by atoms with Gasteiger partial charge in [-0.15, -0.1) is 10.2 Å². The molecule has 0 bridgehead atoms. The highest BCUT2D eigenvalue weighted by atomic mass is 32.2. The fourth-order valence-corrected chi connectivity index (χ4v) is 7.16. The summed E-state index contributed by atoms with van der Waals surface area (Å²) in [5.74, 6) is 0.333. The molecule has 1 unspecified atom stereocenters. The Labute approximate surface area is 259 Å². The Bertz CT molecular complexity index is 1630. The molecule has 2 heterocycles. The molecule has 0 fully saturated rings. The molecule has 9 nitrogen and oxygen atoms in total. The van der Waals surface area contributed by atoms with Crippen molar-refractivity contribution in [2.45, 2.75) is 57.2 Å². The van der Waals surface area contributed by atoms with Crippen molar-refractivity contribution >= 4 is 45.6 Å². The van der Waals surface area contributed by atoms with Crippen molar-refractivity contribution in [3.63, 3.8) is 0 Å². The van der Waals surface area contributed by atoms with E-state index in [0.29, 0.717) is 40.2 Å². The number of hydrogen-bond acceptors (Lipinski definition) is 10. The maximum Gasteiger partial charge on any atom is 0.234 e. The summed E-state index contributed by atoms with van der Waals surface area (Å²) in [5, 5.41) is 22.4. The number of nitrogens with zero attached hydrogens (tertiary/aromatic N) is 4. The zero-order chi connectivity index (χ0) is 30.7. The highest BCUT2D eigenvalue weighted by molar-refractivity contribution is 8.01. The Balaban J connectivity index is 1.43. The molecule has 0 saturated heterocycles. The van der Waals surface area contributed by atoms with Gasteiger partial charge < -0.3 is 15.8 Å². The van der Waals surface area contributed by atoms with E-state index in [9.17, 15) is 14.9 Å². The predicted molar refractivity (Wildman–Crippen MR) is 170 cm³/mol. The van der Waals surface area contributed by atoms with Crippen LogP contribution in [0.5, 0.6) is 5.75 Å². The lowest BCUT2D eigenvalue weighted by atomic mass is 9.68. The first kappa shape index (κ1) is 30.3. The van der Waals surface area contributed by atoms with Gasteiger partial charge in [-0.1, -0.05) is 68.1 Å². The number of rotatable bonds is 9. The van der Waals surface area contributed by atoms with Crippen molar-refractivity contribution in [2.75, 3.05) is 22.6 Å². The first-order valence-corrected chi connectivity index (χ1v) is 16.0. The molecule has 1 aliphatic heterocycles. The van der Waals surface area contributed by atoms with Gasteiger partial charge in [0.05, 0.1) is 29.9 Å². The number of benzene rings is 2. The van der Waals surface area contributed by atoms with Gasteiger partial charge in [-0.25, -0.2) is 0 Å². The fourth-order valence-electron chi connectivity index (χ4n) is 5.48. The quantitative estimate of drug-likeness (QED) is 0.271. The molecule has 1 aliphatic carbocycles. The number of ether oxygens (including phenoxy) is 1. The molecule has 2 aliphatic rings. The van der Waals surface area contributed by atoms with Crippen molar-refractivity contribution < 1.29 is 14.3 Å². The summed E-state index contributed by atoms with van der Waals surface area (Å²) >= 11 is 2.54. The normalized spacial score (nSPS) is 17.9.